The summed E-state index contributed by atoms with van der Waals surface area (Å²) >= 11 is 0. The molecule has 0 saturated carbocycles. The molecule has 0 aromatic carbocycles. The number of nitrogens with one attached hydrogen (secondary N) is 1. The van der Waals surface area contributed by atoms with Crippen molar-refractivity contribution in [3.63, 3.8) is 0 Å². The average Bonchev–Trinajstić information content (AvgIpc) is 2.18. The first-order chi connectivity index (χ1) is 6.27. The minimum absolute atomic E-state index is 0.0565. The van der Waals surface area contributed by atoms with Crippen molar-refractivity contribution in [1.82, 2.24) is 10.4 Å². The first kappa shape index (κ1) is 10.0. The van der Waals surface area contributed by atoms with Gasteiger partial charge in [-0.25, -0.2) is 5.48 Å². The number of hydrogen-bond donors (Lipinski definition) is 2. The Kier molecular flexibility index (Phi) is 3.74. The highest BCUT2D eigenvalue weighted by molar-refractivity contribution is 5.77. The van der Waals surface area contributed by atoms with E-state index in [0.717, 1.165) is 25.9 Å². The number of nitrogens with zero attached hydrogens (tertiary/aromatic N) is 1. The quantitative estimate of drug-likeness (QED) is 0.354. The van der Waals surface area contributed by atoms with Crippen LogP contribution in [0.1, 0.15) is 12.8 Å². The summed E-state index contributed by atoms with van der Waals surface area (Å²) in [5.74, 6) is 2.24. The summed E-state index contributed by atoms with van der Waals surface area (Å²) in [7, 11) is 0. The number of amides is 1. The zero-order valence-electron chi connectivity index (χ0n) is 7.49. The fourth-order valence-corrected chi connectivity index (χ4v) is 1.57. The number of hydroxylamine groups is 1. The van der Waals surface area contributed by atoms with Crippen LogP contribution in [0.3, 0.4) is 0 Å². The predicted octanol–water partition coefficient (Wildman–Crippen LogP) is -0.163. The average molecular weight is 182 g/mol. The number of carbonyl (C=O) groups excluding carboxylic acids is 1. The molecule has 1 aliphatic rings. The summed E-state index contributed by atoms with van der Waals surface area (Å²) in [5.41, 5.74) is 1.68. The molecule has 0 radical (unpaired) electrons. The van der Waals surface area contributed by atoms with Gasteiger partial charge >= 0.3 is 0 Å². The molecule has 0 unspecified atom stereocenters. The largest absolute Gasteiger partial charge is 0.292 e. The smallest absolute Gasteiger partial charge is 0.246 e. The lowest BCUT2D eigenvalue weighted by atomic mass is 9.96. The van der Waals surface area contributed by atoms with Gasteiger partial charge in [0.25, 0.3) is 0 Å². The Morgan fingerprint density at radius 1 is 1.62 bits per heavy atom. The van der Waals surface area contributed by atoms with Gasteiger partial charge in [0.1, 0.15) is 0 Å². The van der Waals surface area contributed by atoms with Crippen molar-refractivity contribution >= 4 is 5.91 Å². The van der Waals surface area contributed by atoms with Gasteiger partial charge in [0, 0.05) is 5.92 Å². The van der Waals surface area contributed by atoms with Crippen LogP contribution in [0.25, 0.3) is 0 Å². The molecule has 1 fully saturated rings. The van der Waals surface area contributed by atoms with Gasteiger partial charge < -0.3 is 0 Å². The third-order valence-electron chi connectivity index (χ3n) is 2.38. The molecule has 0 aromatic heterocycles. The summed E-state index contributed by atoms with van der Waals surface area (Å²) in [5, 5.41) is 8.41. The van der Waals surface area contributed by atoms with Gasteiger partial charge in [0.2, 0.25) is 5.91 Å². The van der Waals surface area contributed by atoms with Gasteiger partial charge in [-0.3, -0.25) is 14.9 Å². The van der Waals surface area contributed by atoms with Gasteiger partial charge in [-0.1, -0.05) is 5.92 Å². The molecule has 0 aliphatic carbocycles. The van der Waals surface area contributed by atoms with Crippen LogP contribution >= 0.6 is 0 Å². The topological polar surface area (TPSA) is 52.6 Å². The van der Waals surface area contributed by atoms with Crippen molar-refractivity contribution in [2.24, 2.45) is 5.92 Å². The maximum Gasteiger partial charge on any atom is 0.246 e. The Labute approximate surface area is 77.9 Å². The molecule has 1 saturated heterocycles. The lowest BCUT2D eigenvalue weighted by molar-refractivity contribution is -0.134. The Morgan fingerprint density at radius 3 is 2.69 bits per heavy atom. The lowest BCUT2D eigenvalue weighted by Gasteiger charge is -2.29. The Balaban J connectivity index is 2.31. The van der Waals surface area contributed by atoms with E-state index in [4.69, 9.17) is 11.6 Å². The first-order valence-electron chi connectivity index (χ1n) is 4.37. The number of carbonyl (C=O) groups is 1. The van der Waals surface area contributed by atoms with Crippen LogP contribution in [0.4, 0.5) is 0 Å². The van der Waals surface area contributed by atoms with Crippen molar-refractivity contribution in [3.05, 3.63) is 0 Å². The van der Waals surface area contributed by atoms with Crippen molar-refractivity contribution < 1.29 is 10.0 Å². The normalized spacial score (nSPS) is 19.4. The minimum atomic E-state index is -0.277. The van der Waals surface area contributed by atoms with Crippen LogP contribution < -0.4 is 5.48 Å². The maximum atomic E-state index is 11.0. The van der Waals surface area contributed by atoms with Gasteiger partial charge in [0.05, 0.1) is 6.54 Å². The van der Waals surface area contributed by atoms with E-state index in [1.807, 2.05) is 0 Å². The fraction of sp³-hybridized carbons (Fsp3) is 0.667. The number of hydrogen-bond acceptors (Lipinski definition) is 3. The molecule has 4 heteroatoms. The van der Waals surface area contributed by atoms with Gasteiger partial charge in [0.15, 0.2) is 0 Å². The highest BCUT2D eigenvalue weighted by Gasteiger charge is 2.23. The molecule has 1 amide bonds. The van der Waals surface area contributed by atoms with E-state index in [-0.39, 0.29) is 11.8 Å². The standard InChI is InChI=1S/C9H14N2O2/c1-2-5-11-6-3-8(4-7-11)9(12)10-13/h1,8,13H,3-7H2,(H,10,12). The molecule has 4 nitrogen and oxygen atoms in total. The van der Waals surface area contributed by atoms with Gasteiger partial charge in [-0.15, -0.1) is 6.42 Å². The molecule has 0 atom stereocenters. The SMILES string of the molecule is C#CCN1CCC(C(=O)NO)CC1. The molecule has 1 rings (SSSR count). The van der Waals surface area contributed by atoms with Crippen molar-refractivity contribution in [3.8, 4) is 12.3 Å². The third kappa shape index (κ3) is 2.72. The van der Waals surface area contributed by atoms with E-state index in [2.05, 4.69) is 10.8 Å². The number of terminal acetylenes is 1. The van der Waals surface area contributed by atoms with E-state index < -0.39 is 0 Å². The third-order valence-corrected chi connectivity index (χ3v) is 2.38. The maximum absolute atomic E-state index is 11.0. The molecule has 0 spiro atoms. The summed E-state index contributed by atoms with van der Waals surface area (Å²) in [6.45, 7) is 2.32. The highest BCUT2D eigenvalue weighted by atomic mass is 16.5. The van der Waals surface area contributed by atoms with Crippen LogP contribution in [-0.4, -0.2) is 35.6 Å². The van der Waals surface area contributed by atoms with Gasteiger partial charge in [-0.05, 0) is 25.9 Å². The molecular formula is C9H14N2O2. The Bertz CT molecular complexity index is 214. The molecule has 72 valence electrons. The summed E-state index contributed by atoms with van der Waals surface area (Å²) < 4.78 is 0. The molecule has 1 heterocycles. The lowest BCUT2D eigenvalue weighted by Crippen LogP contribution is -2.39. The van der Waals surface area contributed by atoms with Crippen molar-refractivity contribution in [2.75, 3.05) is 19.6 Å². The molecule has 0 bridgehead atoms. The van der Waals surface area contributed by atoms with Crippen LogP contribution in [0.2, 0.25) is 0 Å². The second-order valence-corrected chi connectivity index (χ2v) is 3.23. The number of likely N-dealkylation sites (tertiary alicyclic amines) is 1. The molecule has 0 aromatic rings. The fourth-order valence-electron chi connectivity index (χ4n) is 1.57. The molecular weight excluding hydrogens is 168 g/mol. The van der Waals surface area contributed by atoms with Crippen molar-refractivity contribution in [2.45, 2.75) is 12.8 Å². The number of piperidine rings is 1. The van der Waals surface area contributed by atoms with Crippen LogP contribution in [0.15, 0.2) is 0 Å². The van der Waals surface area contributed by atoms with Crippen molar-refractivity contribution in [1.29, 1.82) is 0 Å². The second-order valence-electron chi connectivity index (χ2n) is 3.23. The summed E-state index contributed by atoms with van der Waals surface area (Å²) in [6, 6.07) is 0. The minimum Gasteiger partial charge on any atom is -0.292 e. The van der Waals surface area contributed by atoms with Crippen LogP contribution in [-0.2, 0) is 4.79 Å². The van der Waals surface area contributed by atoms with E-state index in [9.17, 15) is 4.79 Å². The van der Waals surface area contributed by atoms with E-state index in [1.54, 1.807) is 5.48 Å². The Hall–Kier alpha value is -1.05. The summed E-state index contributed by atoms with van der Waals surface area (Å²) in [4.78, 5) is 13.1. The number of rotatable bonds is 2. The highest BCUT2D eigenvalue weighted by Crippen LogP contribution is 2.16. The van der Waals surface area contributed by atoms with E-state index in [0.29, 0.717) is 6.54 Å². The van der Waals surface area contributed by atoms with E-state index in [1.165, 1.54) is 0 Å². The molecule has 13 heavy (non-hydrogen) atoms. The molecule has 1 aliphatic heterocycles. The zero-order valence-corrected chi connectivity index (χ0v) is 7.49. The first-order valence-corrected chi connectivity index (χ1v) is 4.37. The monoisotopic (exact) mass is 182 g/mol. The van der Waals surface area contributed by atoms with Gasteiger partial charge in [-0.2, -0.15) is 0 Å². The van der Waals surface area contributed by atoms with E-state index >= 15 is 0 Å². The van der Waals surface area contributed by atoms with Crippen LogP contribution in [0.5, 0.6) is 0 Å². The summed E-state index contributed by atoms with van der Waals surface area (Å²) in [6.07, 6.45) is 6.71. The molecule has 2 N–H and O–H groups in total. The predicted molar refractivity (Wildman–Crippen MR) is 47.9 cm³/mol. The second kappa shape index (κ2) is 4.85. The zero-order chi connectivity index (χ0) is 9.68. The van der Waals surface area contributed by atoms with Crippen LogP contribution in [0, 0.1) is 18.3 Å². The Morgan fingerprint density at radius 2 is 2.23 bits per heavy atom.